The van der Waals surface area contributed by atoms with Gasteiger partial charge in [-0.05, 0) is 48.9 Å². The fourth-order valence-electron chi connectivity index (χ4n) is 2.35. The maximum atomic E-state index is 12.0. The Labute approximate surface area is 164 Å². The van der Waals surface area contributed by atoms with Crippen LogP contribution >= 0.6 is 23.2 Å². The molecule has 2 aromatic carbocycles. The number of unbranched alkanes of at least 4 members (excludes halogenated alkanes) is 3. The minimum atomic E-state index is -0.167. The molecule has 0 aliphatic carbocycles. The van der Waals surface area contributed by atoms with E-state index >= 15 is 0 Å². The summed E-state index contributed by atoms with van der Waals surface area (Å²) in [5, 5.41) is 6.70. The summed E-state index contributed by atoms with van der Waals surface area (Å²) in [5.74, 6) is 0.673. The number of benzene rings is 2. The fourth-order valence-corrected chi connectivity index (χ4v) is 2.65. The van der Waals surface area contributed by atoms with Crippen molar-refractivity contribution in [2.75, 3.05) is 23.8 Å². The first-order valence-corrected chi connectivity index (χ1v) is 9.55. The van der Waals surface area contributed by atoms with Crippen LogP contribution in [0.3, 0.4) is 0 Å². The number of amides is 1. The van der Waals surface area contributed by atoms with E-state index in [0.717, 1.165) is 24.5 Å². The van der Waals surface area contributed by atoms with Crippen LogP contribution in [0.25, 0.3) is 0 Å². The molecule has 0 spiro atoms. The number of hydrogen-bond donors (Lipinski definition) is 2. The third kappa shape index (κ3) is 7.14. The normalized spacial score (nSPS) is 10.4. The number of halogens is 2. The molecule has 2 rings (SSSR count). The van der Waals surface area contributed by atoms with E-state index in [9.17, 15) is 4.79 Å². The average Bonchev–Trinajstić information content (AvgIpc) is 2.64. The standard InChI is InChI=1S/C20H24Cl2N2O2/c1-2-3-4-5-12-26-17-9-6-15(7-10-17)23-14-20(25)24-16-8-11-18(21)19(22)13-16/h6-11,13,23H,2-5,12,14H2,1H3,(H,24,25). The van der Waals surface area contributed by atoms with Gasteiger partial charge in [-0.2, -0.15) is 0 Å². The Hall–Kier alpha value is -1.91. The van der Waals surface area contributed by atoms with Gasteiger partial charge in [-0.3, -0.25) is 4.79 Å². The summed E-state index contributed by atoms with van der Waals surface area (Å²) in [5.41, 5.74) is 1.46. The SMILES string of the molecule is CCCCCCOc1ccc(NCC(=O)Nc2ccc(Cl)c(Cl)c2)cc1. The van der Waals surface area contributed by atoms with Gasteiger partial charge in [0.25, 0.3) is 0 Å². The second-order valence-electron chi connectivity index (χ2n) is 5.96. The maximum absolute atomic E-state index is 12.0. The second kappa shape index (κ2) is 10.9. The van der Waals surface area contributed by atoms with Crippen LogP contribution in [0, 0.1) is 0 Å². The first-order chi connectivity index (χ1) is 12.6. The van der Waals surface area contributed by atoms with Crippen LogP contribution in [-0.2, 0) is 4.79 Å². The molecule has 4 nitrogen and oxygen atoms in total. The minimum absolute atomic E-state index is 0.150. The second-order valence-corrected chi connectivity index (χ2v) is 6.78. The van der Waals surface area contributed by atoms with Gasteiger partial charge >= 0.3 is 0 Å². The quantitative estimate of drug-likeness (QED) is 0.485. The molecule has 0 heterocycles. The molecule has 0 aliphatic rings. The van der Waals surface area contributed by atoms with Crippen LogP contribution in [-0.4, -0.2) is 19.1 Å². The molecular weight excluding hydrogens is 371 g/mol. The Morgan fingerprint density at radius 1 is 0.962 bits per heavy atom. The van der Waals surface area contributed by atoms with E-state index in [1.54, 1.807) is 18.2 Å². The molecule has 0 fully saturated rings. The first-order valence-electron chi connectivity index (χ1n) is 8.80. The Morgan fingerprint density at radius 2 is 1.69 bits per heavy atom. The molecule has 0 bridgehead atoms. The van der Waals surface area contributed by atoms with E-state index in [1.165, 1.54) is 19.3 Å². The van der Waals surface area contributed by atoms with Crippen LogP contribution in [0.5, 0.6) is 5.75 Å². The molecule has 0 saturated carbocycles. The number of hydrogen-bond acceptors (Lipinski definition) is 3. The highest BCUT2D eigenvalue weighted by molar-refractivity contribution is 6.42. The summed E-state index contributed by atoms with van der Waals surface area (Å²) >= 11 is 11.8. The lowest BCUT2D eigenvalue weighted by atomic mass is 10.2. The molecule has 0 aliphatic heterocycles. The van der Waals surface area contributed by atoms with Gasteiger partial charge in [0.1, 0.15) is 5.75 Å². The monoisotopic (exact) mass is 394 g/mol. The number of rotatable bonds is 10. The zero-order valence-corrected chi connectivity index (χ0v) is 16.4. The van der Waals surface area contributed by atoms with Gasteiger partial charge in [-0.15, -0.1) is 0 Å². The Balaban J connectivity index is 1.73. The summed E-state index contributed by atoms with van der Waals surface area (Å²) in [4.78, 5) is 12.0. The average molecular weight is 395 g/mol. The smallest absolute Gasteiger partial charge is 0.243 e. The predicted molar refractivity (Wildman–Crippen MR) is 110 cm³/mol. The first kappa shape index (κ1) is 20.4. The zero-order chi connectivity index (χ0) is 18.8. The molecule has 0 aromatic heterocycles. The van der Waals surface area contributed by atoms with Crippen LogP contribution < -0.4 is 15.4 Å². The molecule has 2 N–H and O–H groups in total. The molecule has 0 saturated heterocycles. The van der Waals surface area contributed by atoms with E-state index in [4.69, 9.17) is 27.9 Å². The van der Waals surface area contributed by atoms with E-state index in [2.05, 4.69) is 17.6 Å². The number of anilines is 2. The summed E-state index contributed by atoms with van der Waals surface area (Å²) < 4.78 is 5.70. The molecule has 1 amide bonds. The lowest BCUT2D eigenvalue weighted by Crippen LogP contribution is -2.21. The number of ether oxygens (including phenoxy) is 1. The Morgan fingerprint density at radius 3 is 2.38 bits per heavy atom. The van der Waals surface area contributed by atoms with Crippen molar-refractivity contribution in [1.82, 2.24) is 0 Å². The van der Waals surface area contributed by atoms with Crippen LogP contribution in [0.15, 0.2) is 42.5 Å². The van der Waals surface area contributed by atoms with Gasteiger partial charge in [0.05, 0.1) is 23.2 Å². The van der Waals surface area contributed by atoms with E-state index in [-0.39, 0.29) is 12.5 Å². The predicted octanol–water partition coefficient (Wildman–Crippen LogP) is 6.00. The molecule has 140 valence electrons. The van der Waals surface area contributed by atoms with E-state index in [1.807, 2.05) is 24.3 Å². The largest absolute Gasteiger partial charge is 0.494 e. The third-order valence-electron chi connectivity index (χ3n) is 3.78. The Bertz CT molecular complexity index is 705. The highest BCUT2D eigenvalue weighted by Gasteiger charge is 2.05. The minimum Gasteiger partial charge on any atom is -0.494 e. The van der Waals surface area contributed by atoms with Crippen molar-refractivity contribution < 1.29 is 9.53 Å². The Kier molecular flexibility index (Phi) is 8.59. The summed E-state index contributed by atoms with van der Waals surface area (Å²) in [7, 11) is 0. The van der Waals surface area contributed by atoms with Gasteiger partial charge in [0.2, 0.25) is 5.91 Å². The molecule has 6 heteroatoms. The lowest BCUT2D eigenvalue weighted by Gasteiger charge is -2.10. The van der Waals surface area contributed by atoms with Crippen molar-refractivity contribution in [2.45, 2.75) is 32.6 Å². The molecule has 2 aromatic rings. The van der Waals surface area contributed by atoms with Crippen molar-refractivity contribution in [3.05, 3.63) is 52.5 Å². The van der Waals surface area contributed by atoms with Gasteiger partial charge in [-0.1, -0.05) is 49.4 Å². The van der Waals surface area contributed by atoms with Crippen LogP contribution in [0.2, 0.25) is 10.0 Å². The van der Waals surface area contributed by atoms with Crippen molar-refractivity contribution in [2.24, 2.45) is 0 Å². The zero-order valence-electron chi connectivity index (χ0n) is 14.9. The molecular formula is C20H24Cl2N2O2. The molecule has 26 heavy (non-hydrogen) atoms. The van der Waals surface area contributed by atoms with Gasteiger partial charge in [-0.25, -0.2) is 0 Å². The highest BCUT2D eigenvalue weighted by Crippen LogP contribution is 2.25. The van der Waals surface area contributed by atoms with E-state index in [0.29, 0.717) is 15.7 Å². The summed E-state index contributed by atoms with van der Waals surface area (Å²) in [6, 6.07) is 12.6. The van der Waals surface area contributed by atoms with Crippen LogP contribution in [0.4, 0.5) is 11.4 Å². The maximum Gasteiger partial charge on any atom is 0.243 e. The molecule has 0 unspecified atom stereocenters. The van der Waals surface area contributed by atoms with Crippen molar-refractivity contribution in [1.29, 1.82) is 0 Å². The van der Waals surface area contributed by atoms with Gasteiger partial charge in [0.15, 0.2) is 0 Å². The van der Waals surface area contributed by atoms with Crippen LogP contribution in [0.1, 0.15) is 32.6 Å². The third-order valence-corrected chi connectivity index (χ3v) is 4.52. The lowest BCUT2D eigenvalue weighted by molar-refractivity contribution is -0.114. The fraction of sp³-hybridized carbons (Fsp3) is 0.350. The number of carbonyl (C=O) groups is 1. The van der Waals surface area contributed by atoms with Gasteiger partial charge < -0.3 is 15.4 Å². The van der Waals surface area contributed by atoms with Crippen molar-refractivity contribution in [3.63, 3.8) is 0 Å². The number of carbonyl (C=O) groups excluding carboxylic acids is 1. The highest BCUT2D eigenvalue weighted by atomic mass is 35.5. The summed E-state index contributed by atoms with van der Waals surface area (Å²) in [6.45, 7) is 3.08. The molecule has 0 atom stereocenters. The molecule has 0 radical (unpaired) electrons. The topological polar surface area (TPSA) is 50.4 Å². The van der Waals surface area contributed by atoms with Crippen molar-refractivity contribution in [3.8, 4) is 5.75 Å². The summed E-state index contributed by atoms with van der Waals surface area (Å²) in [6.07, 6.45) is 4.74. The number of nitrogens with one attached hydrogen (secondary N) is 2. The van der Waals surface area contributed by atoms with E-state index < -0.39 is 0 Å². The van der Waals surface area contributed by atoms with Gasteiger partial charge in [0, 0.05) is 11.4 Å². The van der Waals surface area contributed by atoms with Crippen molar-refractivity contribution >= 4 is 40.5 Å².